The molecule has 36 heavy (non-hydrogen) atoms. The van der Waals surface area contributed by atoms with Crippen LogP contribution in [-0.4, -0.2) is 57.6 Å². The fraction of sp³-hybridized carbons (Fsp3) is 0.385. The van der Waals surface area contributed by atoms with Gasteiger partial charge in [-0.2, -0.15) is 0 Å². The Morgan fingerprint density at radius 3 is 2.33 bits per heavy atom. The minimum absolute atomic E-state index is 0.0234. The molecule has 0 aliphatic carbocycles. The molecule has 0 aliphatic rings. The van der Waals surface area contributed by atoms with E-state index >= 15 is 0 Å². The maximum Gasteiger partial charge on any atom is 0.312 e. The number of hydrogen-bond acceptors (Lipinski definition) is 6. The summed E-state index contributed by atoms with van der Waals surface area (Å²) in [5.74, 6) is -4.55. The number of nitrogens with one attached hydrogen (secondary N) is 2. The van der Waals surface area contributed by atoms with Crippen molar-refractivity contribution in [3.05, 3.63) is 72.1 Å². The number of halogens is 2. The number of hydrogen-bond donors (Lipinski definition) is 3. The van der Waals surface area contributed by atoms with E-state index in [1.54, 1.807) is 0 Å². The van der Waals surface area contributed by atoms with Crippen molar-refractivity contribution < 1.29 is 28.2 Å². The Labute approximate surface area is 208 Å². The first kappa shape index (κ1) is 26.9. The summed E-state index contributed by atoms with van der Waals surface area (Å²) >= 11 is 0. The molecule has 0 aliphatic heterocycles. The van der Waals surface area contributed by atoms with Gasteiger partial charge in [-0.1, -0.05) is 59.8 Å². The number of aliphatic hydroxyl groups excluding tert-OH is 1. The number of carbonyl (C=O) groups excluding carboxylic acids is 2. The highest BCUT2D eigenvalue weighted by atomic mass is 19.3. The van der Waals surface area contributed by atoms with Gasteiger partial charge in [0.15, 0.2) is 12.3 Å². The Hall–Kier alpha value is -3.66. The molecule has 1 heterocycles. The van der Waals surface area contributed by atoms with Crippen LogP contribution in [0.2, 0.25) is 0 Å². The lowest BCUT2D eigenvalue weighted by Gasteiger charge is -2.32. The summed E-state index contributed by atoms with van der Waals surface area (Å²) in [5, 5.41) is 22.2. The van der Waals surface area contributed by atoms with Gasteiger partial charge in [0.1, 0.15) is 0 Å². The van der Waals surface area contributed by atoms with Crippen LogP contribution in [0.4, 0.5) is 8.78 Å². The van der Waals surface area contributed by atoms with E-state index in [4.69, 9.17) is 4.74 Å². The van der Waals surface area contributed by atoms with Crippen molar-refractivity contribution in [2.24, 2.45) is 5.41 Å². The second kappa shape index (κ2) is 11.9. The number of H-pyrrole nitrogens is 1. The summed E-state index contributed by atoms with van der Waals surface area (Å²) in [5.41, 5.74) is 1.73. The molecular formula is C26H30F2N4O4. The molecule has 8 nitrogen and oxygen atoms in total. The van der Waals surface area contributed by atoms with Crippen molar-refractivity contribution in [1.29, 1.82) is 0 Å². The number of amides is 1. The molecule has 3 rings (SSSR count). The standard InChI is InChI=1S/C26H30F2N4O4/c1-25(12-13-33,24(35)36-17-26(2,27)28)15-21(30-23(34)22-16-29-32-31-22)14-18-8-10-20(11-9-18)19-6-4-3-5-7-19/h3-11,16,21,33H,12-15,17H2,1-2H3,(H,30,34)(H,29,31,32)/t21-,25?/m1/s1. The Balaban J connectivity index is 1.81. The van der Waals surface area contributed by atoms with Gasteiger partial charge in [0.05, 0.1) is 11.6 Å². The predicted molar refractivity (Wildman–Crippen MR) is 129 cm³/mol. The molecule has 192 valence electrons. The van der Waals surface area contributed by atoms with Gasteiger partial charge in [-0.05, 0) is 42.9 Å². The van der Waals surface area contributed by atoms with Crippen molar-refractivity contribution in [2.75, 3.05) is 13.2 Å². The van der Waals surface area contributed by atoms with Crippen LogP contribution in [0.1, 0.15) is 42.7 Å². The summed E-state index contributed by atoms with van der Waals surface area (Å²) in [6, 6.07) is 17.0. The van der Waals surface area contributed by atoms with Crippen LogP contribution in [0.15, 0.2) is 60.8 Å². The molecule has 2 aromatic carbocycles. The highest BCUT2D eigenvalue weighted by molar-refractivity contribution is 5.92. The minimum Gasteiger partial charge on any atom is -0.459 e. The topological polar surface area (TPSA) is 117 Å². The van der Waals surface area contributed by atoms with E-state index in [0.29, 0.717) is 13.3 Å². The lowest BCUT2D eigenvalue weighted by molar-refractivity contribution is -0.166. The Morgan fingerprint density at radius 1 is 1.08 bits per heavy atom. The normalized spacial score (nSPS) is 14.0. The van der Waals surface area contributed by atoms with Gasteiger partial charge in [0, 0.05) is 19.6 Å². The predicted octanol–water partition coefficient (Wildman–Crippen LogP) is 3.79. The maximum atomic E-state index is 13.3. The molecule has 1 aromatic heterocycles. The van der Waals surface area contributed by atoms with E-state index in [2.05, 4.69) is 20.7 Å². The van der Waals surface area contributed by atoms with Crippen molar-refractivity contribution in [3.8, 4) is 11.1 Å². The van der Waals surface area contributed by atoms with Crippen molar-refractivity contribution >= 4 is 11.9 Å². The number of alkyl halides is 2. The van der Waals surface area contributed by atoms with Crippen molar-refractivity contribution in [2.45, 2.75) is 45.1 Å². The van der Waals surface area contributed by atoms with Gasteiger partial charge < -0.3 is 15.2 Å². The van der Waals surface area contributed by atoms with E-state index < -0.39 is 35.9 Å². The van der Waals surface area contributed by atoms with Crippen LogP contribution < -0.4 is 5.32 Å². The first-order chi connectivity index (χ1) is 17.1. The smallest absolute Gasteiger partial charge is 0.312 e. The molecule has 0 radical (unpaired) electrons. The number of nitrogens with zero attached hydrogens (tertiary/aromatic N) is 2. The third kappa shape index (κ3) is 7.67. The second-order valence-corrected chi connectivity index (χ2v) is 9.18. The third-order valence-corrected chi connectivity index (χ3v) is 5.84. The molecule has 0 bridgehead atoms. The van der Waals surface area contributed by atoms with Gasteiger partial charge in [0.25, 0.3) is 11.8 Å². The Morgan fingerprint density at radius 2 is 1.75 bits per heavy atom. The monoisotopic (exact) mass is 500 g/mol. The zero-order valence-electron chi connectivity index (χ0n) is 20.2. The zero-order chi connectivity index (χ0) is 26.2. The number of benzene rings is 2. The number of aliphatic hydroxyl groups is 1. The van der Waals surface area contributed by atoms with Gasteiger partial charge >= 0.3 is 5.97 Å². The summed E-state index contributed by atoms with van der Waals surface area (Å²) in [4.78, 5) is 25.5. The van der Waals surface area contributed by atoms with E-state index in [1.807, 2.05) is 54.6 Å². The van der Waals surface area contributed by atoms with Crippen LogP contribution in [0, 0.1) is 5.41 Å². The van der Waals surface area contributed by atoms with Gasteiger partial charge in [-0.3, -0.25) is 14.7 Å². The van der Waals surface area contributed by atoms with E-state index in [0.717, 1.165) is 16.7 Å². The van der Waals surface area contributed by atoms with Gasteiger partial charge in [-0.15, -0.1) is 5.10 Å². The molecule has 0 saturated carbocycles. The molecule has 1 amide bonds. The second-order valence-electron chi connectivity index (χ2n) is 9.18. The van der Waals surface area contributed by atoms with E-state index in [-0.39, 0.29) is 25.1 Å². The average Bonchev–Trinajstić information content (AvgIpc) is 3.38. The van der Waals surface area contributed by atoms with Crippen LogP contribution in [0.5, 0.6) is 0 Å². The number of rotatable bonds is 12. The summed E-state index contributed by atoms with van der Waals surface area (Å²) < 4.78 is 31.5. The molecule has 1 unspecified atom stereocenters. The molecule has 10 heteroatoms. The molecule has 2 atom stereocenters. The fourth-order valence-electron chi connectivity index (χ4n) is 3.94. The molecule has 3 N–H and O–H groups in total. The summed E-state index contributed by atoms with van der Waals surface area (Å²) in [6.07, 6.45) is 1.71. The van der Waals surface area contributed by atoms with E-state index in [9.17, 15) is 23.5 Å². The third-order valence-electron chi connectivity index (χ3n) is 5.84. The molecule has 3 aromatic rings. The number of esters is 1. The molecule has 0 spiro atoms. The minimum atomic E-state index is -3.18. The Kier molecular flexibility index (Phi) is 8.87. The van der Waals surface area contributed by atoms with Crippen molar-refractivity contribution in [1.82, 2.24) is 20.7 Å². The van der Waals surface area contributed by atoms with E-state index in [1.165, 1.54) is 13.1 Å². The molecule has 0 saturated heterocycles. The number of aromatic amines is 1. The molecule has 0 fully saturated rings. The highest BCUT2D eigenvalue weighted by Gasteiger charge is 2.39. The average molecular weight is 501 g/mol. The van der Waals surface area contributed by atoms with Crippen LogP contribution in [0.25, 0.3) is 11.1 Å². The van der Waals surface area contributed by atoms with Crippen molar-refractivity contribution in [3.63, 3.8) is 0 Å². The lowest BCUT2D eigenvalue weighted by atomic mass is 9.79. The first-order valence-corrected chi connectivity index (χ1v) is 11.6. The van der Waals surface area contributed by atoms with Crippen LogP contribution >= 0.6 is 0 Å². The number of ether oxygens (including phenoxy) is 1. The number of aromatic nitrogens is 3. The first-order valence-electron chi connectivity index (χ1n) is 11.6. The maximum absolute atomic E-state index is 13.3. The number of carbonyl (C=O) groups is 2. The summed E-state index contributed by atoms with van der Waals surface area (Å²) in [7, 11) is 0. The van der Waals surface area contributed by atoms with Gasteiger partial charge in [0.2, 0.25) is 0 Å². The fourth-order valence-corrected chi connectivity index (χ4v) is 3.94. The largest absolute Gasteiger partial charge is 0.459 e. The lowest BCUT2D eigenvalue weighted by Crippen LogP contribution is -2.44. The van der Waals surface area contributed by atoms with Crippen LogP contribution in [0.3, 0.4) is 0 Å². The zero-order valence-corrected chi connectivity index (χ0v) is 20.2. The van der Waals surface area contributed by atoms with Crippen LogP contribution in [-0.2, 0) is 16.0 Å². The summed E-state index contributed by atoms with van der Waals surface area (Å²) in [6.45, 7) is 0.768. The SMILES string of the molecule is CC(F)(F)COC(=O)C(C)(CCO)C[C@@H](Cc1ccc(-c2ccccc2)cc1)NC(=O)c1c[nH]nn1. The Bertz CT molecular complexity index is 1120. The highest BCUT2D eigenvalue weighted by Crippen LogP contribution is 2.31. The molecular weight excluding hydrogens is 470 g/mol. The van der Waals surface area contributed by atoms with Gasteiger partial charge in [-0.25, -0.2) is 8.78 Å². The quantitative estimate of drug-likeness (QED) is 0.326.